The molecule has 126 valence electrons. The fraction of sp³-hybridized carbons (Fsp3) is 0.0526. The van der Waals surface area contributed by atoms with Crippen LogP contribution in [-0.4, -0.2) is 10.9 Å². The molecule has 0 unspecified atom stereocenters. The van der Waals surface area contributed by atoms with Gasteiger partial charge < -0.3 is 10.6 Å². The largest absolute Gasteiger partial charge is 0.380 e. The molecule has 4 nitrogen and oxygen atoms in total. The molecule has 3 aromatic rings. The molecule has 0 saturated carbocycles. The Labute approximate surface area is 155 Å². The summed E-state index contributed by atoms with van der Waals surface area (Å²) in [5, 5.41) is 6.91. The van der Waals surface area contributed by atoms with E-state index in [2.05, 4.69) is 15.6 Å². The number of carbonyl (C=O) groups is 1. The molecule has 0 aliphatic heterocycles. The molecule has 0 aliphatic rings. The molecule has 3 rings (SSSR count). The number of benzene rings is 2. The summed E-state index contributed by atoms with van der Waals surface area (Å²) in [6.45, 7) is 0.647. The molecule has 2 N–H and O–H groups in total. The predicted molar refractivity (Wildman–Crippen MR) is 102 cm³/mol. The minimum absolute atomic E-state index is 0.306. The van der Waals surface area contributed by atoms with Crippen LogP contribution in [0.25, 0.3) is 0 Å². The number of pyridine rings is 1. The lowest BCUT2D eigenvalue weighted by Gasteiger charge is -2.10. The van der Waals surface area contributed by atoms with Crippen LogP contribution in [0.1, 0.15) is 15.9 Å². The Morgan fingerprint density at radius 1 is 1.00 bits per heavy atom. The summed E-state index contributed by atoms with van der Waals surface area (Å²) < 4.78 is 0. The molecule has 6 heteroatoms. The van der Waals surface area contributed by atoms with Gasteiger partial charge in [-0.3, -0.25) is 9.78 Å². The summed E-state index contributed by atoms with van der Waals surface area (Å²) in [4.78, 5) is 16.5. The summed E-state index contributed by atoms with van der Waals surface area (Å²) in [6.07, 6.45) is 3.17. The average molecular weight is 372 g/mol. The van der Waals surface area contributed by atoms with Gasteiger partial charge in [-0.15, -0.1) is 0 Å². The fourth-order valence-electron chi connectivity index (χ4n) is 2.25. The number of hydrogen-bond acceptors (Lipinski definition) is 3. The standard InChI is InChI=1S/C19H15Cl2N3O/c20-15-6-7-17(21)18(9-15)24-19(25)14-8-16(12-22-11-14)23-10-13-4-2-1-3-5-13/h1-9,11-12,23H,10H2,(H,24,25). The van der Waals surface area contributed by atoms with Crippen molar-refractivity contribution in [2.24, 2.45) is 0 Å². The third kappa shape index (κ3) is 4.72. The van der Waals surface area contributed by atoms with Crippen molar-refractivity contribution in [2.45, 2.75) is 6.54 Å². The minimum Gasteiger partial charge on any atom is -0.380 e. The number of aromatic nitrogens is 1. The van der Waals surface area contributed by atoms with Gasteiger partial charge in [0.2, 0.25) is 0 Å². The normalized spacial score (nSPS) is 10.3. The van der Waals surface area contributed by atoms with Crippen molar-refractivity contribution < 1.29 is 4.79 Å². The Kier molecular flexibility index (Phi) is 5.53. The van der Waals surface area contributed by atoms with Crippen molar-refractivity contribution >= 4 is 40.5 Å². The van der Waals surface area contributed by atoms with E-state index < -0.39 is 0 Å². The van der Waals surface area contributed by atoms with Crippen LogP contribution >= 0.6 is 23.2 Å². The van der Waals surface area contributed by atoms with Gasteiger partial charge in [0, 0.05) is 24.0 Å². The number of nitrogens with zero attached hydrogens (tertiary/aromatic N) is 1. The van der Waals surface area contributed by atoms with E-state index in [9.17, 15) is 4.79 Å². The maximum absolute atomic E-state index is 12.4. The molecule has 0 spiro atoms. The van der Waals surface area contributed by atoms with E-state index in [4.69, 9.17) is 23.2 Å². The minimum atomic E-state index is -0.306. The van der Waals surface area contributed by atoms with Crippen LogP contribution in [0.2, 0.25) is 10.0 Å². The highest BCUT2D eigenvalue weighted by Gasteiger charge is 2.10. The van der Waals surface area contributed by atoms with E-state index in [1.54, 1.807) is 30.5 Å². The van der Waals surface area contributed by atoms with E-state index in [-0.39, 0.29) is 5.91 Å². The number of hydrogen-bond donors (Lipinski definition) is 2. The lowest BCUT2D eigenvalue weighted by Crippen LogP contribution is -2.13. The highest BCUT2D eigenvalue weighted by Crippen LogP contribution is 2.26. The lowest BCUT2D eigenvalue weighted by atomic mass is 10.2. The van der Waals surface area contributed by atoms with Crippen molar-refractivity contribution in [3.63, 3.8) is 0 Å². The first-order valence-corrected chi connectivity index (χ1v) is 8.36. The van der Waals surface area contributed by atoms with Gasteiger partial charge in [0.15, 0.2) is 0 Å². The molecule has 1 amide bonds. The third-order valence-electron chi connectivity index (χ3n) is 3.52. The van der Waals surface area contributed by atoms with Crippen LogP contribution in [0, 0.1) is 0 Å². The van der Waals surface area contributed by atoms with Crippen molar-refractivity contribution in [2.75, 3.05) is 10.6 Å². The van der Waals surface area contributed by atoms with Crippen molar-refractivity contribution in [3.05, 3.63) is 88.2 Å². The highest BCUT2D eigenvalue weighted by atomic mass is 35.5. The first-order valence-electron chi connectivity index (χ1n) is 7.61. The molecule has 0 atom stereocenters. The smallest absolute Gasteiger partial charge is 0.257 e. The number of nitrogens with one attached hydrogen (secondary N) is 2. The van der Waals surface area contributed by atoms with Crippen LogP contribution < -0.4 is 10.6 Å². The van der Waals surface area contributed by atoms with Crippen LogP contribution in [0.15, 0.2) is 67.0 Å². The van der Waals surface area contributed by atoms with Crippen LogP contribution in [-0.2, 0) is 6.54 Å². The molecule has 25 heavy (non-hydrogen) atoms. The zero-order valence-corrected chi connectivity index (χ0v) is 14.7. The zero-order chi connectivity index (χ0) is 17.6. The predicted octanol–water partition coefficient (Wildman–Crippen LogP) is 5.25. The summed E-state index contributed by atoms with van der Waals surface area (Å²) in [6, 6.07) is 16.6. The van der Waals surface area contributed by atoms with Crippen molar-refractivity contribution in [1.29, 1.82) is 0 Å². The Balaban J connectivity index is 1.70. The van der Waals surface area contributed by atoms with Gasteiger partial charge in [0.25, 0.3) is 5.91 Å². The van der Waals surface area contributed by atoms with E-state index >= 15 is 0 Å². The molecule has 2 aromatic carbocycles. The Bertz CT molecular complexity index is 885. The summed E-state index contributed by atoms with van der Waals surface area (Å²) in [7, 11) is 0. The molecule has 0 bridgehead atoms. The van der Waals surface area contributed by atoms with Gasteiger partial charge >= 0.3 is 0 Å². The average Bonchev–Trinajstić information content (AvgIpc) is 2.64. The summed E-state index contributed by atoms with van der Waals surface area (Å²) in [5.74, 6) is -0.306. The second kappa shape index (κ2) is 8.01. The van der Waals surface area contributed by atoms with Gasteiger partial charge in [-0.1, -0.05) is 53.5 Å². The molecule has 0 radical (unpaired) electrons. The fourth-order valence-corrected chi connectivity index (χ4v) is 2.59. The Hall–Kier alpha value is -2.56. The van der Waals surface area contributed by atoms with E-state index in [1.807, 2.05) is 30.3 Å². The molecular weight excluding hydrogens is 357 g/mol. The molecule has 1 aromatic heterocycles. The van der Waals surface area contributed by atoms with Gasteiger partial charge in [0.05, 0.1) is 22.0 Å². The number of amides is 1. The molecular formula is C19H15Cl2N3O. The van der Waals surface area contributed by atoms with Gasteiger partial charge in [0.1, 0.15) is 0 Å². The zero-order valence-electron chi connectivity index (χ0n) is 13.2. The van der Waals surface area contributed by atoms with Gasteiger partial charge in [-0.05, 0) is 29.8 Å². The Morgan fingerprint density at radius 3 is 2.60 bits per heavy atom. The van der Waals surface area contributed by atoms with E-state index in [1.165, 1.54) is 6.20 Å². The first-order chi connectivity index (χ1) is 12.1. The molecule has 0 fully saturated rings. The maximum Gasteiger partial charge on any atom is 0.257 e. The van der Waals surface area contributed by atoms with Gasteiger partial charge in [-0.25, -0.2) is 0 Å². The van der Waals surface area contributed by atoms with E-state index in [0.717, 1.165) is 11.3 Å². The van der Waals surface area contributed by atoms with Crippen molar-refractivity contribution in [1.82, 2.24) is 4.98 Å². The highest BCUT2D eigenvalue weighted by molar-refractivity contribution is 6.35. The summed E-state index contributed by atoms with van der Waals surface area (Å²) >= 11 is 12.0. The number of rotatable bonds is 5. The summed E-state index contributed by atoms with van der Waals surface area (Å²) in [5.41, 5.74) is 2.78. The quantitative estimate of drug-likeness (QED) is 0.643. The van der Waals surface area contributed by atoms with E-state index in [0.29, 0.717) is 27.8 Å². The molecule has 0 aliphatic carbocycles. The number of halogens is 2. The van der Waals surface area contributed by atoms with Crippen LogP contribution in [0.5, 0.6) is 0 Å². The second-order valence-corrected chi connectivity index (χ2v) is 6.22. The maximum atomic E-state index is 12.4. The number of carbonyl (C=O) groups excluding carboxylic acids is 1. The van der Waals surface area contributed by atoms with Crippen LogP contribution in [0.3, 0.4) is 0 Å². The van der Waals surface area contributed by atoms with Gasteiger partial charge in [-0.2, -0.15) is 0 Å². The third-order valence-corrected chi connectivity index (χ3v) is 4.08. The van der Waals surface area contributed by atoms with Crippen LogP contribution in [0.4, 0.5) is 11.4 Å². The lowest BCUT2D eigenvalue weighted by molar-refractivity contribution is 0.102. The molecule has 0 saturated heterocycles. The first kappa shape index (κ1) is 17.3. The molecule has 1 heterocycles. The topological polar surface area (TPSA) is 54.0 Å². The monoisotopic (exact) mass is 371 g/mol. The second-order valence-electron chi connectivity index (χ2n) is 5.38. The number of anilines is 2. The Morgan fingerprint density at radius 2 is 1.80 bits per heavy atom. The SMILES string of the molecule is O=C(Nc1cc(Cl)ccc1Cl)c1cncc(NCc2ccccc2)c1. The van der Waals surface area contributed by atoms with Crippen molar-refractivity contribution in [3.8, 4) is 0 Å².